The van der Waals surface area contributed by atoms with Crippen molar-refractivity contribution in [3.63, 3.8) is 0 Å². The predicted octanol–water partition coefficient (Wildman–Crippen LogP) is 9.27. The number of hydrogen-bond donors (Lipinski definition) is 0. The Morgan fingerprint density at radius 1 is 0.422 bits per heavy atom. The molecule has 45 heavy (non-hydrogen) atoms. The lowest BCUT2D eigenvalue weighted by Crippen LogP contribution is -1.98. The normalized spacial score (nSPS) is 10.6. The van der Waals surface area contributed by atoms with E-state index >= 15 is 0 Å². The first-order valence-electron chi connectivity index (χ1n) is 14.3. The number of hydrogen-bond acceptors (Lipinski definition) is 4. The molecule has 0 saturated carbocycles. The van der Waals surface area contributed by atoms with Crippen LogP contribution >= 0.6 is 0 Å². The minimum absolute atomic E-state index is 0.415. The van der Waals surface area contributed by atoms with Crippen molar-refractivity contribution in [2.24, 2.45) is 0 Å². The highest BCUT2D eigenvalue weighted by Crippen LogP contribution is 2.45. The zero-order valence-corrected chi connectivity index (χ0v) is 23.9. The summed E-state index contributed by atoms with van der Waals surface area (Å²) in [5.41, 5.74) is 8.86. The highest BCUT2D eigenvalue weighted by molar-refractivity contribution is 6.17. The Morgan fingerprint density at radius 3 is 1.49 bits per heavy atom. The van der Waals surface area contributed by atoms with Crippen LogP contribution in [-0.2, 0) is 0 Å². The van der Waals surface area contributed by atoms with Crippen molar-refractivity contribution in [2.75, 3.05) is 0 Å². The summed E-state index contributed by atoms with van der Waals surface area (Å²) in [4.78, 5) is 0. The van der Waals surface area contributed by atoms with E-state index in [1.165, 1.54) is 0 Å². The van der Waals surface area contributed by atoms with Crippen LogP contribution < -0.4 is 0 Å². The summed E-state index contributed by atoms with van der Waals surface area (Å²) in [6.07, 6.45) is 0. The summed E-state index contributed by atoms with van der Waals surface area (Å²) >= 11 is 0. The van der Waals surface area contributed by atoms with Gasteiger partial charge in [-0.05, 0) is 65.2 Å². The molecule has 5 nitrogen and oxygen atoms in total. The average Bonchev–Trinajstić information content (AvgIpc) is 3.44. The Hall–Kier alpha value is -6.92. The Labute approximate surface area is 259 Å². The maximum Gasteiger partial charge on any atom is 0.0998 e. The molecule has 1 heterocycles. The number of para-hydroxylation sites is 2. The summed E-state index contributed by atoms with van der Waals surface area (Å²) in [5, 5.41) is 42.3. The number of aromatic nitrogens is 1. The molecule has 0 N–H and O–H groups in total. The van der Waals surface area contributed by atoms with E-state index < -0.39 is 0 Å². The summed E-state index contributed by atoms with van der Waals surface area (Å²) in [7, 11) is 0. The molecule has 0 radical (unpaired) electrons. The molecular weight excluding hydrogens is 550 g/mol. The van der Waals surface area contributed by atoms with Gasteiger partial charge in [0.2, 0.25) is 0 Å². The molecule has 0 bridgehead atoms. The van der Waals surface area contributed by atoms with Gasteiger partial charge in [-0.25, -0.2) is 0 Å². The number of nitriles is 4. The van der Waals surface area contributed by atoms with Gasteiger partial charge in [0.25, 0.3) is 0 Å². The molecule has 0 spiro atoms. The molecule has 5 heteroatoms. The Balaban J connectivity index is 1.72. The van der Waals surface area contributed by atoms with Crippen LogP contribution in [0.5, 0.6) is 0 Å². The predicted molar refractivity (Wildman–Crippen MR) is 176 cm³/mol. The summed E-state index contributed by atoms with van der Waals surface area (Å²) < 4.78 is 2.17. The van der Waals surface area contributed by atoms with Gasteiger partial charge in [0.15, 0.2) is 0 Å². The second kappa shape index (κ2) is 11.1. The minimum atomic E-state index is 0.415. The van der Waals surface area contributed by atoms with Crippen molar-refractivity contribution in [2.45, 2.75) is 0 Å². The molecule has 0 unspecified atom stereocenters. The van der Waals surface area contributed by atoms with Crippen LogP contribution in [0.3, 0.4) is 0 Å². The summed E-state index contributed by atoms with van der Waals surface area (Å²) in [6, 6.07) is 49.6. The van der Waals surface area contributed by atoms with Crippen LogP contribution in [0.1, 0.15) is 22.3 Å². The topological polar surface area (TPSA) is 100 Å². The molecule has 1 aromatic heterocycles. The van der Waals surface area contributed by atoms with Gasteiger partial charge in [-0.2, -0.15) is 21.0 Å². The van der Waals surface area contributed by atoms with Crippen molar-refractivity contribution in [1.29, 1.82) is 21.0 Å². The SMILES string of the molecule is N#Cc1cccc(C#N)c1-c1cc2c3cccc(-c4c(C#N)cccc4C#N)c3n(-c3ccccc3)c2cc1-c1ccccc1. The second-order valence-electron chi connectivity index (χ2n) is 10.6. The average molecular weight is 572 g/mol. The van der Waals surface area contributed by atoms with Crippen LogP contribution in [0.4, 0.5) is 0 Å². The van der Waals surface area contributed by atoms with E-state index in [0.717, 1.165) is 49.7 Å². The molecule has 0 amide bonds. The van der Waals surface area contributed by atoms with Gasteiger partial charge in [-0.1, -0.05) is 78.9 Å². The van der Waals surface area contributed by atoms with Crippen LogP contribution in [0.15, 0.2) is 127 Å². The standard InChI is InChI=1S/C40H21N5/c41-22-27-12-7-13-28(23-42)38(27)33-19-9-18-32-35-20-36(39-29(24-43)14-8-15-30(39)25-44)34(26-10-3-1-4-11-26)21-37(35)45(40(32)33)31-16-5-2-6-17-31/h1-21H. The van der Waals surface area contributed by atoms with Crippen LogP contribution in [0.25, 0.3) is 60.9 Å². The molecule has 0 aliphatic carbocycles. The van der Waals surface area contributed by atoms with Gasteiger partial charge in [0.1, 0.15) is 0 Å². The van der Waals surface area contributed by atoms with Crippen molar-refractivity contribution >= 4 is 21.8 Å². The lowest BCUT2D eigenvalue weighted by Gasteiger charge is -2.16. The molecule has 0 fully saturated rings. The second-order valence-corrected chi connectivity index (χ2v) is 10.6. The van der Waals surface area contributed by atoms with Gasteiger partial charge < -0.3 is 4.57 Å². The Bertz CT molecular complexity index is 2400. The number of fused-ring (bicyclic) bond motifs is 3. The summed E-state index contributed by atoms with van der Waals surface area (Å²) in [5.74, 6) is 0. The number of benzene rings is 6. The molecule has 206 valence electrons. The quantitative estimate of drug-likeness (QED) is 0.210. The molecule has 0 aliphatic heterocycles. The zero-order valence-electron chi connectivity index (χ0n) is 23.9. The molecule has 0 saturated heterocycles. The largest absolute Gasteiger partial charge is 0.309 e. The van der Waals surface area contributed by atoms with E-state index in [9.17, 15) is 21.0 Å². The maximum absolute atomic E-state index is 10.1. The molecule has 0 aliphatic rings. The molecule has 6 aromatic carbocycles. The van der Waals surface area contributed by atoms with Crippen molar-refractivity contribution < 1.29 is 0 Å². The van der Waals surface area contributed by atoms with Crippen LogP contribution in [0.2, 0.25) is 0 Å². The summed E-state index contributed by atoms with van der Waals surface area (Å²) in [6.45, 7) is 0. The smallest absolute Gasteiger partial charge is 0.0998 e. The first kappa shape index (κ1) is 26.9. The van der Waals surface area contributed by atoms with Crippen LogP contribution in [-0.4, -0.2) is 4.57 Å². The lowest BCUT2D eigenvalue weighted by molar-refractivity contribution is 1.18. The first-order chi connectivity index (χ1) is 22.2. The number of rotatable bonds is 4. The third-order valence-electron chi connectivity index (χ3n) is 8.18. The zero-order chi connectivity index (χ0) is 30.9. The Kier molecular flexibility index (Phi) is 6.62. The molecule has 7 rings (SSSR count). The van der Waals surface area contributed by atoms with Crippen molar-refractivity contribution in [1.82, 2.24) is 4.57 Å². The van der Waals surface area contributed by atoms with E-state index in [-0.39, 0.29) is 0 Å². The van der Waals surface area contributed by atoms with Crippen molar-refractivity contribution in [3.8, 4) is 63.3 Å². The molecular formula is C40H21N5. The number of nitrogens with zero attached hydrogens (tertiary/aromatic N) is 5. The maximum atomic E-state index is 10.1. The fourth-order valence-electron chi connectivity index (χ4n) is 6.28. The third-order valence-corrected chi connectivity index (χ3v) is 8.18. The monoisotopic (exact) mass is 571 g/mol. The first-order valence-corrected chi connectivity index (χ1v) is 14.3. The van der Waals surface area contributed by atoms with Gasteiger partial charge in [0.05, 0.1) is 57.6 Å². The van der Waals surface area contributed by atoms with E-state index in [1.54, 1.807) is 36.4 Å². The van der Waals surface area contributed by atoms with Gasteiger partial charge in [-0.3, -0.25) is 0 Å². The fourth-order valence-corrected chi connectivity index (χ4v) is 6.28. The molecule has 0 atom stereocenters. The lowest BCUT2D eigenvalue weighted by atomic mass is 9.88. The van der Waals surface area contributed by atoms with Crippen LogP contribution in [0, 0.1) is 45.3 Å². The molecule has 7 aromatic rings. The van der Waals surface area contributed by atoms with Gasteiger partial charge in [-0.15, -0.1) is 0 Å². The highest BCUT2D eigenvalue weighted by atomic mass is 15.0. The highest BCUT2D eigenvalue weighted by Gasteiger charge is 2.23. The van der Waals surface area contributed by atoms with E-state index in [4.69, 9.17) is 0 Å². The van der Waals surface area contributed by atoms with E-state index in [2.05, 4.69) is 41.0 Å². The van der Waals surface area contributed by atoms with Crippen molar-refractivity contribution in [3.05, 3.63) is 150 Å². The van der Waals surface area contributed by atoms with Gasteiger partial charge >= 0.3 is 0 Å². The minimum Gasteiger partial charge on any atom is -0.309 e. The fraction of sp³-hybridized carbons (Fsp3) is 0. The third kappa shape index (κ3) is 4.29. The van der Waals surface area contributed by atoms with E-state index in [0.29, 0.717) is 33.4 Å². The Morgan fingerprint density at radius 2 is 0.933 bits per heavy atom. The van der Waals surface area contributed by atoms with Gasteiger partial charge in [0, 0.05) is 33.2 Å². The van der Waals surface area contributed by atoms with E-state index in [1.807, 2.05) is 78.9 Å².